The van der Waals surface area contributed by atoms with Gasteiger partial charge in [0, 0.05) is 13.1 Å². The zero-order chi connectivity index (χ0) is 28.7. The monoisotopic (exact) mass is 589 g/mol. The summed E-state index contributed by atoms with van der Waals surface area (Å²) in [5.74, 6) is -0.681. The number of hydrogen-bond acceptors (Lipinski definition) is 4. The summed E-state index contributed by atoms with van der Waals surface area (Å²) in [7, 11) is -4.23. The summed E-state index contributed by atoms with van der Waals surface area (Å²) < 4.78 is 28.6. The molecule has 1 N–H and O–H groups in total. The van der Waals surface area contributed by atoms with Crippen molar-refractivity contribution in [2.24, 2.45) is 5.92 Å². The fraction of sp³-hybridized carbons (Fsp3) is 0.310. The van der Waals surface area contributed by atoms with Gasteiger partial charge in [0.25, 0.3) is 10.0 Å². The molecule has 0 saturated carbocycles. The summed E-state index contributed by atoms with van der Waals surface area (Å²) in [5, 5.41) is 3.01. The first-order valence-electron chi connectivity index (χ1n) is 12.6. The number of halogens is 2. The van der Waals surface area contributed by atoms with E-state index in [1.165, 1.54) is 29.2 Å². The summed E-state index contributed by atoms with van der Waals surface area (Å²) >= 11 is 12.7. The molecule has 0 aliphatic rings. The van der Waals surface area contributed by atoms with Crippen LogP contribution in [0.15, 0.2) is 77.7 Å². The lowest BCUT2D eigenvalue weighted by molar-refractivity contribution is -0.139. The van der Waals surface area contributed by atoms with Crippen molar-refractivity contribution in [3.05, 3.63) is 94.0 Å². The Hall–Kier alpha value is -3.07. The molecule has 0 heterocycles. The van der Waals surface area contributed by atoms with E-state index in [0.717, 1.165) is 15.4 Å². The molecule has 0 saturated heterocycles. The normalized spacial score (nSPS) is 12.2. The van der Waals surface area contributed by atoms with Gasteiger partial charge < -0.3 is 10.2 Å². The van der Waals surface area contributed by atoms with E-state index in [1.807, 2.05) is 45.0 Å². The summed E-state index contributed by atoms with van der Waals surface area (Å²) in [6.07, 6.45) is 0. The van der Waals surface area contributed by atoms with Gasteiger partial charge in [0.05, 0.1) is 20.6 Å². The molecule has 2 amide bonds. The van der Waals surface area contributed by atoms with E-state index >= 15 is 0 Å². The van der Waals surface area contributed by atoms with Crippen molar-refractivity contribution in [3.8, 4) is 0 Å². The van der Waals surface area contributed by atoms with Crippen LogP contribution in [0.4, 0.5) is 5.69 Å². The maximum Gasteiger partial charge on any atom is 0.264 e. The van der Waals surface area contributed by atoms with E-state index in [9.17, 15) is 18.0 Å². The molecule has 208 valence electrons. The van der Waals surface area contributed by atoms with Gasteiger partial charge in [0.1, 0.15) is 12.6 Å². The van der Waals surface area contributed by atoms with Gasteiger partial charge in [-0.15, -0.1) is 0 Å². The van der Waals surface area contributed by atoms with Gasteiger partial charge in [-0.25, -0.2) is 8.42 Å². The highest BCUT2D eigenvalue weighted by atomic mass is 35.5. The van der Waals surface area contributed by atoms with Crippen molar-refractivity contribution in [2.75, 3.05) is 17.4 Å². The first kappa shape index (κ1) is 30.5. The minimum atomic E-state index is -4.23. The summed E-state index contributed by atoms with van der Waals surface area (Å²) in [4.78, 5) is 28.3. The molecule has 0 unspecified atom stereocenters. The van der Waals surface area contributed by atoms with E-state index in [0.29, 0.717) is 6.54 Å². The predicted molar refractivity (Wildman–Crippen MR) is 156 cm³/mol. The molecule has 39 heavy (non-hydrogen) atoms. The average Bonchev–Trinajstić information content (AvgIpc) is 2.91. The molecule has 0 radical (unpaired) electrons. The summed E-state index contributed by atoms with van der Waals surface area (Å²) in [6.45, 7) is 7.49. The highest BCUT2D eigenvalue weighted by molar-refractivity contribution is 7.92. The van der Waals surface area contributed by atoms with Gasteiger partial charge in [-0.05, 0) is 49.6 Å². The van der Waals surface area contributed by atoms with E-state index in [4.69, 9.17) is 23.2 Å². The molecule has 0 aromatic heterocycles. The van der Waals surface area contributed by atoms with Crippen LogP contribution in [0.3, 0.4) is 0 Å². The third-order valence-electron chi connectivity index (χ3n) is 6.14. The second-order valence-electron chi connectivity index (χ2n) is 9.72. The van der Waals surface area contributed by atoms with Crippen molar-refractivity contribution in [2.45, 2.75) is 45.2 Å². The van der Waals surface area contributed by atoms with Gasteiger partial charge >= 0.3 is 0 Å². The highest BCUT2D eigenvalue weighted by Crippen LogP contribution is 2.35. The molecule has 7 nitrogen and oxygen atoms in total. The number of carbonyl (C=O) groups excluding carboxylic acids is 2. The zero-order valence-corrected chi connectivity index (χ0v) is 24.7. The predicted octanol–water partition coefficient (Wildman–Crippen LogP) is 5.69. The van der Waals surface area contributed by atoms with Crippen molar-refractivity contribution in [3.63, 3.8) is 0 Å². The van der Waals surface area contributed by atoms with Crippen LogP contribution in [0.25, 0.3) is 0 Å². The second kappa shape index (κ2) is 13.3. The minimum absolute atomic E-state index is 0.000665. The molecule has 0 aliphatic heterocycles. The van der Waals surface area contributed by atoms with Crippen molar-refractivity contribution in [1.82, 2.24) is 10.2 Å². The number of benzene rings is 3. The number of amides is 2. The number of nitrogens with zero attached hydrogens (tertiary/aromatic N) is 2. The Balaban J connectivity index is 2.04. The van der Waals surface area contributed by atoms with Crippen LogP contribution in [0.1, 0.15) is 31.9 Å². The molecule has 10 heteroatoms. The van der Waals surface area contributed by atoms with Gasteiger partial charge in [0.15, 0.2) is 0 Å². The third kappa shape index (κ3) is 7.75. The number of sulfonamides is 1. The van der Waals surface area contributed by atoms with Crippen LogP contribution in [0, 0.1) is 12.8 Å². The first-order valence-corrected chi connectivity index (χ1v) is 14.8. The highest BCUT2D eigenvalue weighted by Gasteiger charge is 2.33. The zero-order valence-electron chi connectivity index (χ0n) is 22.4. The number of carbonyl (C=O) groups is 2. The maximum absolute atomic E-state index is 13.9. The van der Waals surface area contributed by atoms with Gasteiger partial charge in [-0.2, -0.15) is 0 Å². The lowest BCUT2D eigenvalue weighted by atomic mass is 10.1. The van der Waals surface area contributed by atoms with Crippen LogP contribution in [0.5, 0.6) is 0 Å². The van der Waals surface area contributed by atoms with Crippen LogP contribution in [-0.2, 0) is 26.2 Å². The quantitative estimate of drug-likeness (QED) is 0.311. The molecule has 3 rings (SSSR count). The second-order valence-corrected chi connectivity index (χ2v) is 12.4. The number of rotatable bonds is 11. The van der Waals surface area contributed by atoms with Crippen LogP contribution < -0.4 is 9.62 Å². The Kier molecular flexibility index (Phi) is 10.4. The average molecular weight is 591 g/mol. The standard InChI is InChI=1S/C29H33Cl2N3O4S/c1-20(2)17-32-29(36)22(4)33(18-23-15-13-21(3)14-16-23)27(35)19-34(26-12-8-11-25(30)28(26)31)39(37,38)24-9-6-5-7-10-24/h5-16,20,22H,17-19H2,1-4H3,(H,32,36)/t22-/m1/s1. The number of nitrogens with one attached hydrogen (secondary N) is 1. The van der Waals surface area contributed by atoms with Crippen LogP contribution in [-0.4, -0.2) is 44.3 Å². The molecule has 0 fully saturated rings. The Morgan fingerprint density at radius 1 is 0.897 bits per heavy atom. The molecular weight excluding hydrogens is 557 g/mol. The Morgan fingerprint density at radius 3 is 2.15 bits per heavy atom. The molecular formula is C29H33Cl2N3O4S. The van der Waals surface area contributed by atoms with Crippen molar-refractivity contribution in [1.29, 1.82) is 0 Å². The molecule has 0 bridgehead atoms. The SMILES string of the molecule is Cc1ccc(CN(C(=O)CN(c2cccc(Cl)c2Cl)S(=O)(=O)c2ccccc2)[C@H](C)C(=O)NCC(C)C)cc1. The molecule has 3 aromatic carbocycles. The number of aryl methyl sites for hydroxylation is 1. The van der Waals surface area contributed by atoms with Gasteiger partial charge in [0.2, 0.25) is 11.8 Å². The minimum Gasteiger partial charge on any atom is -0.354 e. The number of anilines is 1. The van der Waals surface area contributed by atoms with Crippen molar-refractivity contribution >= 4 is 50.7 Å². The van der Waals surface area contributed by atoms with E-state index in [1.54, 1.807) is 31.2 Å². The Morgan fingerprint density at radius 2 is 1.54 bits per heavy atom. The third-order valence-corrected chi connectivity index (χ3v) is 8.72. The lowest BCUT2D eigenvalue weighted by Crippen LogP contribution is -2.51. The fourth-order valence-electron chi connectivity index (χ4n) is 3.84. The van der Waals surface area contributed by atoms with E-state index in [2.05, 4.69) is 5.32 Å². The van der Waals surface area contributed by atoms with E-state index in [-0.39, 0.29) is 39.0 Å². The number of hydrogen-bond donors (Lipinski definition) is 1. The summed E-state index contributed by atoms with van der Waals surface area (Å²) in [6, 6.07) is 19.1. The largest absolute Gasteiger partial charge is 0.354 e. The van der Waals surface area contributed by atoms with E-state index < -0.39 is 28.5 Å². The lowest BCUT2D eigenvalue weighted by Gasteiger charge is -2.32. The maximum atomic E-state index is 13.9. The molecule has 1 atom stereocenters. The molecule has 0 spiro atoms. The van der Waals surface area contributed by atoms with Crippen LogP contribution >= 0.6 is 23.2 Å². The molecule has 3 aromatic rings. The molecule has 0 aliphatic carbocycles. The van der Waals surface area contributed by atoms with Crippen molar-refractivity contribution < 1.29 is 18.0 Å². The summed E-state index contributed by atoms with van der Waals surface area (Å²) in [5.41, 5.74) is 1.92. The van der Waals surface area contributed by atoms with Gasteiger partial charge in [-0.3, -0.25) is 13.9 Å². The van der Waals surface area contributed by atoms with Gasteiger partial charge in [-0.1, -0.05) is 91.1 Å². The Bertz CT molecular complexity index is 1400. The topological polar surface area (TPSA) is 86.8 Å². The van der Waals surface area contributed by atoms with Crippen LogP contribution in [0.2, 0.25) is 10.0 Å². The Labute approximate surface area is 240 Å². The smallest absolute Gasteiger partial charge is 0.264 e. The first-order chi connectivity index (χ1) is 18.4. The fourth-order valence-corrected chi connectivity index (χ4v) is 5.74.